The van der Waals surface area contributed by atoms with Crippen LogP contribution < -0.4 is 10.2 Å². The number of hydrogen-bond acceptors (Lipinski definition) is 4. The highest BCUT2D eigenvalue weighted by Gasteiger charge is 2.43. The Balaban J connectivity index is 1.70. The normalized spacial score (nSPS) is 18.1. The Hall–Kier alpha value is -3.71. The van der Waals surface area contributed by atoms with E-state index in [0.29, 0.717) is 10.8 Å². The van der Waals surface area contributed by atoms with Crippen LogP contribution in [0.2, 0.25) is 0 Å². The minimum atomic E-state index is -0.200. The maximum absolute atomic E-state index is 10.7. The number of benzene rings is 1. The van der Waals surface area contributed by atoms with Crippen LogP contribution in [-0.2, 0) is 0 Å². The van der Waals surface area contributed by atoms with E-state index in [1.807, 2.05) is 59.5 Å². The first-order valence-corrected chi connectivity index (χ1v) is 10.9. The lowest BCUT2D eigenvalue weighted by molar-refractivity contribution is 0.472. The Kier molecular flexibility index (Phi) is 5.11. The Morgan fingerprint density at radius 2 is 1.66 bits per heavy atom. The molecule has 1 aromatic carbocycles. The number of phenols is 1. The number of aromatic hydroxyl groups is 1. The van der Waals surface area contributed by atoms with Crippen molar-refractivity contribution in [1.29, 1.82) is 0 Å². The van der Waals surface area contributed by atoms with E-state index in [-0.39, 0.29) is 17.8 Å². The number of pyridine rings is 2. The van der Waals surface area contributed by atoms with E-state index >= 15 is 0 Å². The van der Waals surface area contributed by atoms with Gasteiger partial charge < -0.3 is 19.9 Å². The first-order chi connectivity index (χ1) is 15.6. The number of nitrogens with one attached hydrogen (secondary N) is 1. The first-order valence-electron chi connectivity index (χ1n) is 10.4. The fourth-order valence-electron chi connectivity index (χ4n) is 4.52. The van der Waals surface area contributed by atoms with Crippen molar-refractivity contribution in [2.75, 3.05) is 4.90 Å². The molecule has 7 heteroatoms. The van der Waals surface area contributed by atoms with Crippen LogP contribution in [-0.4, -0.2) is 24.8 Å². The highest BCUT2D eigenvalue weighted by molar-refractivity contribution is 7.80. The summed E-state index contributed by atoms with van der Waals surface area (Å²) >= 11 is 5.77. The minimum Gasteiger partial charge on any atom is -0.506 e. The molecular weight excluding hydrogens is 418 g/mol. The predicted octanol–water partition coefficient (Wildman–Crippen LogP) is 4.77. The fourth-order valence-corrected chi connectivity index (χ4v) is 4.86. The fraction of sp³-hybridized carbons (Fsp3) is 0.160. The van der Waals surface area contributed by atoms with Crippen molar-refractivity contribution >= 4 is 23.0 Å². The summed E-state index contributed by atoms with van der Waals surface area (Å²) in [6, 6.07) is 20.8. The van der Waals surface area contributed by atoms with Gasteiger partial charge in [-0.2, -0.15) is 0 Å². The van der Waals surface area contributed by atoms with Crippen molar-refractivity contribution in [3.05, 3.63) is 102 Å². The van der Waals surface area contributed by atoms with Gasteiger partial charge in [0.1, 0.15) is 11.6 Å². The third-order valence-corrected chi connectivity index (χ3v) is 6.22. The Bertz CT molecular complexity index is 1270. The van der Waals surface area contributed by atoms with E-state index in [0.717, 1.165) is 28.5 Å². The molecule has 32 heavy (non-hydrogen) atoms. The van der Waals surface area contributed by atoms with Gasteiger partial charge >= 0.3 is 0 Å². The molecule has 1 saturated heterocycles. The molecule has 2 N–H and O–H groups in total. The van der Waals surface area contributed by atoms with Gasteiger partial charge in [-0.05, 0) is 74.1 Å². The standard InChI is InChI=1S/C25H23N5OS/c1-16-15-18(17(2)29(16)22-12-6-8-14-27-22)24-23(19-9-5-7-13-26-19)28-25(32)30(24)20-10-3-4-11-21(20)31/h3-15,23-24,31H,1-2H3,(H,28,32)/t23-,24-/m0/s1. The number of rotatable bonds is 4. The van der Waals surface area contributed by atoms with Crippen molar-refractivity contribution in [3.63, 3.8) is 0 Å². The van der Waals surface area contributed by atoms with Crippen LogP contribution in [0.3, 0.4) is 0 Å². The number of aromatic nitrogens is 3. The molecule has 0 spiro atoms. The summed E-state index contributed by atoms with van der Waals surface area (Å²) in [7, 11) is 0. The molecule has 6 nitrogen and oxygen atoms in total. The topological polar surface area (TPSA) is 66.2 Å². The lowest BCUT2D eigenvalue weighted by Crippen LogP contribution is -2.29. The zero-order valence-corrected chi connectivity index (χ0v) is 18.6. The van der Waals surface area contributed by atoms with E-state index in [9.17, 15) is 5.11 Å². The van der Waals surface area contributed by atoms with E-state index in [2.05, 4.69) is 39.8 Å². The second kappa shape index (κ2) is 8.09. The summed E-state index contributed by atoms with van der Waals surface area (Å²) in [6.07, 6.45) is 3.59. The maximum Gasteiger partial charge on any atom is 0.174 e. The summed E-state index contributed by atoms with van der Waals surface area (Å²) in [5.74, 6) is 1.05. The third-order valence-electron chi connectivity index (χ3n) is 5.91. The second-order valence-electron chi connectivity index (χ2n) is 7.84. The number of para-hydroxylation sites is 2. The number of anilines is 1. The van der Waals surface area contributed by atoms with Gasteiger partial charge in [0.15, 0.2) is 5.11 Å². The molecule has 0 radical (unpaired) electrons. The van der Waals surface area contributed by atoms with Crippen LogP contribution in [0.15, 0.2) is 79.1 Å². The minimum absolute atomic E-state index is 0.180. The molecule has 4 heterocycles. The van der Waals surface area contributed by atoms with Crippen molar-refractivity contribution in [1.82, 2.24) is 19.9 Å². The SMILES string of the molecule is Cc1cc([C@H]2[C@H](c3ccccn3)NC(=S)N2c2ccccc2O)c(C)n1-c1ccccn1. The average Bonchev–Trinajstić information content (AvgIpc) is 3.30. The predicted molar refractivity (Wildman–Crippen MR) is 129 cm³/mol. The molecule has 5 rings (SSSR count). The monoisotopic (exact) mass is 441 g/mol. The number of aryl methyl sites for hydroxylation is 1. The largest absolute Gasteiger partial charge is 0.506 e. The highest BCUT2D eigenvalue weighted by Crippen LogP contribution is 2.45. The molecule has 160 valence electrons. The van der Waals surface area contributed by atoms with Crippen LogP contribution in [0.25, 0.3) is 5.82 Å². The molecule has 1 fully saturated rings. The third kappa shape index (κ3) is 3.31. The summed E-state index contributed by atoms with van der Waals surface area (Å²) in [5, 5.41) is 14.7. The molecule has 0 amide bonds. The van der Waals surface area contributed by atoms with Gasteiger partial charge in [0.2, 0.25) is 0 Å². The highest BCUT2D eigenvalue weighted by atomic mass is 32.1. The summed E-state index contributed by atoms with van der Waals surface area (Å²) in [6.45, 7) is 4.17. The number of nitrogens with zero attached hydrogens (tertiary/aromatic N) is 4. The molecule has 0 aliphatic carbocycles. The zero-order chi connectivity index (χ0) is 22.2. The van der Waals surface area contributed by atoms with Crippen molar-refractivity contribution in [2.45, 2.75) is 25.9 Å². The van der Waals surface area contributed by atoms with Crippen LogP contribution >= 0.6 is 12.2 Å². The number of phenolic OH excluding ortho intramolecular Hbond substituents is 1. The molecule has 0 unspecified atom stereocenters. The molecule has 0 saturated carbocycles. The lowest BCUT2D eigenvalue weighted by atomic mass is 9.96. The van der Waals surface area contributed by atoms with Gasteiger partial charge in [-0.1, -0.05) is 24.3 Å². The zero-order valence-electron chi connectivity index (χ0n) is 17.8. The summed E-state index contributed by atoms with van der Waals surface area (Å²) in [4.78, 5) is 11.2. The van der Waals surface area contributed by atoms with E-state index in [1.165, 1.54) is 0 Å². The lowest BCUT2D eigenvalue weighted by Gasteiger charge is -2.28. The van der Waals surface area contributed by atoms with Gasteiger partial charge in [0.05, 0.1) is 23.5 Å². The Morgan fingerprint density at radius 3 is 2.34 bits per heavy atom. The van der Waals surface area contributed by atoms with Gasteiger partial charge in [-0.15, -0.1) is 0 Å². The van der Waals surface area contributed by atoms with Gasteiger partial charge in [-0.3, -0.25) is 4.98 Å². The van der Waals surface area contributed by atoms with Crippen molar-refractivity contribution < 1.29 is 5.11 Å². The van der Waals surface area contributed by atoms with Gasteiger partial charge in [0.25, 0.3) is 0 Å². The van der Waals surface area contributed by atoms with E-state index in [1.54, 1.807) is 18.5 Å². The van der Waals surface area contributed by atoms with Crippen LogP contribution in [0.1, 0.15) is 34.7 Å². The molecular formula is C25H23N5OS. The quantitative estimate of drug-likeness (QED) is 0.445. The molecule has 0 bridgehead atoms. The van der Waals surface area contributed by atoms with E-state index < -0.39 is 0 Å². The number of hydrogen-bond donors (Lipinski definition) is 2. The van der Waals surface area contributed by atoms with Gasteiger partial charge in [-0.25, -0.2) is 4.98 Å². The van der Waals surface area contributed by atoms with Gasteiger partial charge in [0, 0.05) is 23.8 Å². The van der Waals surface area contributed by atoms with Crippen LogP contribution in [0, 0.1) is 13.8 Å². The first kappa shape index (κ1) is 20.2. The van der Waals surface area contributed by atoms with E-state index in [4.69, 9.17) is 12.2 Å². The van der Waals surface area contributed by atoms with Crippen molar-refractivity contribution in [3.8, 4) is 11.6 Å². The number of thiocarbonyl (C=S) groups is 1. The average molecular weight is 442 g/mol. The van der Waals surface area contributed by atoms with Crippen LogP contribution in [0.4, 0.5) is 5.69 Å². The Morgan fingerprint density at radius 1 is 0.938 bits per heavy atom. The second-order valence-corrected chi connectivity index (χ2v) is 8.22. The summed E-state index contributed by atoms with van der Waals surface area (Å²) in [5.41, 5.74) is 4.79. The molecule has 1 aliphatic rings. The summed E-state index contributed by atoms with van der Waals surface area (Å²) < 4.78 is 2.15. The van der Waals surface area contributed by atoms with Crippen LogP contribution in [0.5, 0.6) is 5.75 Å². The Labute approximate surface area is 192 Å². The molecule has 1 aliphatic heterocycles. The van der Waals surface area contributed by atoms with Crippen molar-refractivity contribution in [2.24, 2.45) is 0 Å². The molecule has 3 aromatic heterocycles. The molecule has 2 atom stereocenters. The maximum atomic E-state index is 10.7. The molecule has 4 aromatic rings. The smallest absolute Gasteiger partial charge is 0.174 e.